The van der Waals surface area contributed by atoms with Crippen molar-refractivity contribution in [3.63, 3.8) is 0 Å². The van der Waals surface area contributed by atoms with E-state index in [1.165, 1.54) is 48.0 Å². The molecule has 0 atom stereocenters. The number of allylic oxidation sites excluding steroid dienone is 8. The predicted molar refractivity (Wildman–Crippen MR) is 144 cm³/mol. The van der Waals surface area contributed by atoms with Gasteiger partial charge in [-0.1, -0.05) is 81.1 Å². The molecule has 0 radical (unpaired) electrons. The van der Waals surface area contributed by atoms with Gasteiger partial charge in [0.25, 0.3) is 0 Å². The van der Waals surface area contributed by atoms with E-state index in [-0.39, 0.29) is 39.7 Å². The Morgan fingerprint density at radius 1 is 0.733 bits per heavy atom. The molecule has 0 fully saturated rings. The molecule has 0 nitrogen and oxygen atoms in total. The van der Waals surface area contributed by atoms with Crippen LogP contribution in [0.15, 0.2) is 34.4 Å². The molecule has 2 aliphatic carbocycles. The van der Waals surface area contributed by atoms with Crippen molar-refractivity contribution in [2.45, 2.75) is 93.9 Å². The van der Waals surface area contributed by atoms with Gasteiger partial charge in [0, 0.05) is 0 Å². The van der Waals surface area contributed by atoms with Crippen molar-refractivity contribution in [1.29, 1.82) is 0 Å². The Hall–Kier alpha value is 0.471. The zero-order valence-corrected chi connectivity index (χ0v) is 26.0. The minimum absolute atomic E-state index is 0. The van der Waals surface area contributed by atoms with Crippen LogP contribution < -0.4 is 0 Å². The third-order valence-corrected chi connectivity index (χ3v) is 4.67. The quantitative estimate of drug-likeness (QED) is 0.264. The van der Waals surface area contributed by atoms with Crippen LogP contribution in [0.2, 0.25) is 0 Å². The molecule has 0 aromatic rings. The Morgan fingerprint density at radius 3 is 1.17 bits per heavy atom. The molecule has 30 heavy (non-hydrogen) atoms. The number of rotatable bonds is 4. The second-order valence-corrected chi connectivity index (χ2v) is 9.10. The van der Waals surface area contributed by atoms with E-state index < -0.39 is 0 Å². The van der Waals surface area contributed by atoms with Gasteiger partial charge < -0.3 is 14.9 Å². The van der Waals surface area contributed by atoms with Crippen molar-refractivity contribution >= 4 is 32.4 Å². The summed E-state index contributed by atoms with van der Waals surface area (Å²) in [6.07, 6.45) is 18.5. The first-order valence-corrected chi connectivity index (χ1v) is 14.1. The molecule has 178 valence electrons. The van der Waals surface area contributed by atoms with E-state index in [2.05, 4.69) is 79.7 Å². The van der Waals surface area contributed by atoms with Crippen LogP contribution in [0.25, 0.3) is 0 Å². The molecule has 0 aliphatic heterocycles. The summed E-state index contributed by atoms with van der Waals surface area (Å²) in [5, 5.41) is 0. The molecule has 0 saturated carbocycles. The normalized spacial score (nSPS) is 14.2. The third kappa shape index (κ3) is 16.2. The molecule has 0 unspecified atom stereocenters. The van der Waals surface area contributed by atoms with Gasteiger partial charge in [0.05, 0.1) is 0 Å². The van der Waals surface area contributed by atoms with Crippen LogP contribution in [0, 0.1) is 37.8 Å². The average Bonchev–Trinajstić information content (AvgIpc) is 3.19. The van der Waals surface area contributed by atoms with Crippen LogP contribution in [0.5, 0.6) is 0 Å². The standard InChI is InChI=1S/2C12H19.2CH3.2ClH.H2Si.Ti/c2*1-5-6-10-7-8-11(9-10)12(2,3)4;;;;;;/h2*9H,5-6,8H2,1-4H3;2*1H3;2*1H;1H2;/q4*-1;;;;. The first-order chi connectivity index (χ1) is 12.1. The van der Waals surface area contributed by atoms with Crippen LogP contribution in [0.3, 0.4) is 0 Å². The van der Waals surface area contributed by atoms with E-state index in [1.807, 2.05) is 26.8 Å². The first kappa shape index (κ1) is 40.8. The number of hydrogen-bond acceptors (Lipinski definition) is 0. The summed E-state index contributed by atoms with van der Waals surface area (Å²) >= 11 is 2.03. The maximum atomic E-state index is 3.44. The van der Waals surface area contributed by atoms with Crippen LogP contribution in [-0.2, 0) is 19.2 Å². The number of hydrogen-bond donors (Lipinski definition) is 0. The predicted octanol–water partition coefficient (Wildman–Crippen LogP) is 8.61. The summed E-state index contributed by atoms with van der Waals surface area (Å²) in [4.78, 5) is 0. The molecule has 0 amide bonds. The Kier molecular flexibility index (Phi) is 27.3. The Morgan fingerprint density at radius 2 is 1.00 bits per heavy atom. The van der Waals surface area contributed by atoms with Crippen molar-refractivity contribution in [3.8, 4) is 0 Å². The van der Waals surface area contributed by atoms with Gasteiger partial charge >= 0.3 is 26.8 Å². The van der Waals surface area contributed by atoms with E-state index in [9.17, 15) is 0 Å². The zero-order valence-electron chi connectivity index (χ0n) is 21.4. The van der Waals surface area contributed by atoms with Gasteiger partial charge in [-0.2, -0.15) is 11.1 Å². The van der Waals surface area contributed by atoms with Crippen molar-refractivity contribution in [3.05, 3.63) is 61.4 Å². The van der Waals surface area contributed by atoms with Crippen LogP contribution >= 0.6 is 24.8 Å². The molecule has 0 saturated heterocycles. The molecule has 0 spiro atoms. The topological polar surface area (TPSA) is 0 Å². The van der Waals surface area contributed by atoms with Gasteiger partial charge in [0.1, 0.15) is 0 Å². The fraction of sp³-hybridized carbons (Fsp3) is 0.615. The van der Waals surface area contributed by atoms with E-state index in [1.54, 1.807) is 0 Å². The second-order valence-electron chi connectivity index (χ2n) is 9.10. The van der Waals surface area contributed by atoms with E-state index in [0.29, 0.717) is 10.8 Å². The summed E-state index contributed by atoms with van der Waals surface area (Å²) < 4.78 is 0. The Bertz CT molecular complexity index is 509. The molecule has 0 aromatic heterocycles. The monoisotopic (exact) mass is 506 g/mol. The summed E-state index contributed by atoms with van der Waals surface area (Å²) in [7, 11) is 1.86. The van der Waals surface area contributed by atoms with Crippen molar-refractivity contribution in [2.75, 3.05) is 0 Å². The summed E-state index contributed by atoms with van der Waals surface area (Å²) in [6, 6.07) is 0. The minimum atomic E-state index is 0. The molecule has 0 heterocycles. The number of halogens is 2. The molecular weight excluding hydrogens is 459 g/mol. The Balaban J connectivity index is -0.000000114. The molecule has 0 N–H and O–H groups in total. The second kappa shape index (κ2) is 20.1. The molecule has 2 aliphatic rings. The summed E-state index contributed by atoms with van der Waals surface area (Å²) in [6.45, 7) is 18.1. The van der Waals surface area contributed by atoms with Crippen molar-refractivity contribution in [2.24, 2.45) is 10.8 Å². The van der Waals surface area contributed by atoms with Gasteiger partial charge in [-0.25, -0.2) is 23.3 Å². The SMILES string of the molecule is CCCC1=[C-]CC(C(C)(C)C)=C1.CCCC1=[C-]CC(C(C)(C)C)=C1.Cl.Cl.[CH3-].[CH3-].[SiH2]=[Ti]. The van der Waals surface area contributed by atoms with Crippen LogP contribution in [0.4, 0.5) is 0 Å². The van der Waals surface area contributed by atoms with Gasteiger partial charge in [-0.05, 0) is 10.8 Å². The molecule has 0 aromatic carbocycles. The fourth-order valence-corrected chi connectivity index (χ4v) is 2.87. The molecule has 2 rings (SSSR count). The summed E-state index contributed by atoms with van der Waals surface area (Å²) in [5.74, 6) is 0. The van der Waals surface area contributed by atoms with Crippen LogP contribution in [-0.4, -0.2) is 7.63 Å². The van der Waals surface area contributed by atoms with Crippen molar-refractivity contribution < 1.29 is 19.2 Å². The first-order valence-electron chi connectivity index (χ1n) is 10.0. The zero-order chi connectivity index (χ0) is 20.4. The fourth-order valence-electron chi connectivity index (χ4n) is 2.87. The van der Waals surface area contributed by atoms with Gasteiger partial charge in [-0.3, -0.25) is 12.2 Å². The van der Waals surface area contributed by atoms with E-state index in [0.717, 1.165) is 12.8 Å². The van der Waals surface area contributed by atoms with Gasteiger partial charge in [-0.15, -0.1) is 37.7 Å². The third-order valence-electron chi connectivity index (χ3n) is 4.67. The van der Waals surface area contributed by atoms with Crippen molar-refractivity contribution in [1.82, 2.24) is 0 Å². The molecular formula is C26H48Cl2SiTi-4. The van der Waals surface area contributed by atoms with Gasteiger partial charge in [0.15, 0.2) is 0 Å². The Labute approximate surface area is 216 Å². The average molecular weight is 508 g/mol. The molecule has 0 bridgehead atoms. The molecule has 4 heteroatoms. The van der Waals surface area contributed by atoms with E-state index >= 15 is 0 Å². The van der Waals surface area contributed by atoms with E-state index in [4.69, 9.17) is 0 Å². The van der Waals surface area contributed by atoms with Crippen LogP contribution in [0.1, 0.15) is 93.9 Å². The van der Waals surface area contributed by atoms with Gasteiger partial charge in [0.2, 0.25) is 0 Å². The maximum absolute atomic E-state index is 3.44. The summed E-state index contributed by atoms with van der Waals surface area (Å²) in [5.41, 5.74) is 6.58.